The first-order valence-electron chi connectivity index (χ1n) is 6.10. The van der Waals surface area contributed by atoms with E-state index in [1.165, 1.54) is 19.2 Å². The van der Waals surface area contributed by atoms with Gasteiger partial charge in [-0.25, -0.2) is 0 Å². The summed E-state index contributed by atoms with van der Waals surface area (Å²) in [5, 5.41) is 16.3. The Morgan fingerprint density at radius 2 is 2.20 bits per heavy atom. The summed E-state index contributed by atoms with van der Waals surface area (Å²) in [4.78, 5) is 12.0. The number of aryl methyl sites for hydroxylation is 2. The van der Waals surface area contributed by atoms with Gasteiger partial charge in [-0.1, -0.05) is 5.16 Å². The van der Waals surface area contributed by atoms with Crippen molar-refractivity contribution >= 4 is 5.91 Å². The van der Waals surface area contributed by atoms with Crippen LogP contribution in [0.2, 0.25) is 0 Å². The summed E-state index contributed by atoms with van der Waals surface area (Å²) in [5.41, 5.74) is 1.77. The summed E-state index contributed by atoms with van der Waals surface area (Å²) >= 11 is 0. The smallest absolute Gasteiger partial charge is 0.255 e. The third kappa shape index (κ3) is 2.74. The standard InChI is InChI=1S/C14H16N2O4/c1-8-12(9(2)20-16-8)7-15-14(18)11-5-4-10(19-3)6-13(11)17/h4-6,17H,7H2,1-3H3,(H,15,18). The number of carbonyl (C=O) groups is 1. The Morgan fingerprint density at radius 1 is 1.45 bits per heavy atom. The fraction of sp³-hybridized carbons (Fsp3) is 0.286. The van der Waals surface area contributed by atoms with Crippen molar-refractivity contribution < 1.29 is 19.2 Å². The molecule has 0 saturated heterocycles. The third-order valence-corrected chi connectivity index (χ3v) is 3.06. The number of methoxy groups -OCH3 is 1. The monoisotopic (exact) mass is 276 g/mol. The number of aromatic hydroxyl groups is 1. The maximum absolute atomic E-state index is 12.0. The number of aromatic nitrogens is 1. The predicted molar refractivity (Wildman–Crippen MR) is 71.8 cm³/mol. The fourth-order valence-corrected chi connectivity index (χ4v) is 1.85. The van der Waals surface area contributed by atoms with Gasteiger partial charge >= 0.3 is 0 Å². The molecule has 6 nitrogen and oxygen atoms in total. The van der Waals surface area contributed by atoms with Gasteiger partial charge in [-0.2, -0.15) is 0 Å². The number of benzene rings is 1. The first-order valence-corrected chi connectivity index (χ1v) is 6.10. The molecule has 1 aromatic heterocycles. The van der Waals surface area contributed by atoms with Crippen molar-refractivity contribution in [2.75, 3.05) is 7.11 Å². The van der Waals surface area contributed by atoms with E-state index in [4.69, 9.17) is 9.26 Å². The summed E-state index contributed by atoms with van der Waals surface area (Å²) in [6.45, 7) is 3.89. The zero-order valence-corrected chi connectivity index (χ0v) is 11.6. The highest BCUT2D eigenvalue weighted by atomic mass is 16.5. The molecule has 0 spiro atoms. The topological polar surface area (TPSA) is 84.6 Å². The molecule has 0 fully saturated rings. The second-order valence-electron chi connectivity index (χ2n) is 4.37. The van der Waals surface area contributed by atoms with Crippen LogP contribution in [0.5, 0.6) is 11.5 Å². The Balaban J connectivity index is 2.09. The summed E-state index contributed by atoms with van der Waals surface area (Å²) < 4.78 is 9.99. The van der Waals surface area contributed by atoms with Gasteiger partial charge in [0, 0.05) is 18.2 Å². The number of phenolic OH excluding ortho intramolecular Hbond substituents is 1. The van der Waals surface area contributed by atoms with Crippen LogP contribution in [0.25, 0.3) is 0 Å². The molecular weight excluding hydrogens is 260 g/mol. The van der Waals surface area contributed by atoms with Crippen molar-refractivity contribution in [3.05, 3.63) is 40.8 Å². The normalized spacial score (nSPS) is 10.3. The van der Waals surface area contributed by atoms with Crippen LogP contribution in [-0.4, -0.2) is 23.3 Å². The van der Waals surface area contributed by atoms with E-state index in [1.807, 2.05) is 6.92 Å². The largest absolute Gasteiger partial charge is 0.507 e. The number of carbonyl (C=O) groups excluding carboxylic acids is 1. The highest BCUT2D eigenvalue weighted by molar-refractivity contribution is 5.96. The van der Waals surface area contributed by atoms with Gasteiger partial charge in [-0.3, -0.25) is 4.79 Å². The Morgan fingerprint density at radius 3 is 2.75 bits per heavy atom. The van der Waals surface area contributed by atoms with E-state index in [-0.39, 0.29) is 17.2 Å². The van der Waals surface area contributed by atoms with Crippen LogP contribution in [0.15, 0.2) is 22.7 Å². The van der Waals surface area contributed by atoms with Crippen molar-refractivity contribution in [1.82, 2.24) is 10.5 Å². The molecule has 20 heavy (non-hydrogen) atoms. The molecule has 106 valence electrons. The van der Waals surface area contributed by atoms with Gasteiger partial charge in [0.1, 0.15) is 17.3 Å². The molecule has 0 saturated carbocycles. The quantitative estimate of drug-likeness (QED) is 0.891. The summed E-state index contributed by atoms with van der Waals surface area (Å²) in [6.07, 6.45) is 0. The average Bonchev–Trinajstić information content (AvgIpc) is 2.75. The summed E-state index contributed by atoms with van der Waals surface area (Å²) in [5.74, 6) is 0.664. The third-order valence-electron chi connectivity index (χ3n) is 3.06. The lowest BCUT2D eigenvalue weighted by Crippen LogP contribution is -2.23. The number of amides is 1. The lowest BCUT2D eigenvalue weighted by Gasteiger charge is -2.08. The molecule has 2 N–H and O–H groups in total. The van der Waals surface area contributed by atoms with Crippen molar-refractivity contribution in [2.24, 2.45) is 0 Å². The van der Waals surface area contributed by atoms with Crippen LogP contribution < -0.4 is 10.1 Å². The van der Waals surface area contributed by atoms with Crippen molar-refractivity contribution in [1.29, 1.82) is 0 Å². The number of nitrogens with one attached hydrogen (secondary N) is 1. The molecule has 2 aromatic rings. The van der Waals surface area contributed by atoms with E-state index >= 15 is 0 Å². The molecule has 6 heteroatoms. The number of hydrogen-bond donors (Lipinski definition) is 2. The number of ether oxygens (including phenoxy) is 1. The Kier molecular flexibility index (Phi) is 3.93. The fourth-order valence-electron chi connectivity index (χ4n) is 1.85. The summed E-state index contributed by atoms with van der Waals surface area (Å²) in [7, 11) is 1.49. The maximum atomic E-state index is 12.0. The van der Waals surface area contributed by atoms with Crippen LogP contribution in [-0.2, 0) is 6.54 Å². The molecule has 0 aliphatic rings. The number of phenols is 1. The van der Waals surface area contributed by atoms with E-state index < -0.39 is 0 Å². The lowest BCUT2D eigenvalue weighted by molar-refractivity contribution is 0.0948. The van der Waals surface area contributed by atoms with Gasteiger partial charge in [-0.15, -0.1) is 0 Å². The Labute approximate surface area is 116 Å². The highest BCUT2D eigenvalue weighted by Crippen LogP contribution is 2.23. The van der Waals surface area contributed by atoms with Crippen molar-refractivity contribution in [2.45, 2.75) is 20.4 Å². The minimum absolute atomic E-state index is 0.124. The average molecular weight is 276 g/mol. The van der Waals surface area contributed by atoms with Crippen LogP contribution in [0.3, 0.4) is 0 Å². The number of nitrogens with zero attached hydrogens (tertiary/aromatic N) is 1. The minimum Gasteiger partial charge on any atom is -0.507 e. The minimum atomic E-state index is -0.370. The van der Waals surface area contributed by atoms with Crippen molar-refractivity contribution in [3.8, 4) is 11.5 Å². The van der Waals surface area contributed by atoms with E-state index in [1.54, 1.807) is 13.0 Å². The van der Waals surface area contributed by atoms with Gasteiger partial charge < -0.3 is 19.7 Å². The van der Waals surface area contributed by atoms with Gasteiger partial charge in [0.15, 0.2) is 0 Å². The second kappa shape index (κ2) is 5.64. The van der Waals surface area contributed by atoms with E-state index in [9.17, 15) is 9.90 Å². The molecule has 0 radical (unpaired) electrons. The van der Waals surface area contributed by atoms with Gasteiger partial charge in [-0.05, 0) is 26.0 Å². The first kappa shape index (κ1) is 13.9. The highest BCUT2D eigenvalue weighted by Gasteiger charge is 2.14. The molecule has 1 aromatic carbocycles. The number of hydrogen-bond acceptors (Lipinski definition) is 5. The van der Waals surface area contributed by atoms with Crippen molar-refractivity contribution in [3.63, 3.8) is 0 Å². The van der Waals surface area contributed by atoms with E-state index in [2.05, 4.69) is 10.5 Å². The van der Waals surface area contributed by atoms with Gasteiger partial charge in [0.05, 0.1) is 18.4 Å². The molecule has 1 heterocycles. The van der Waals surface area contributed by atoms with Gasteiger partial charge in [0.2, 0.25) is 0 Å². The van der Waals surface area contributed by atoms with Crippen LogP contribution in [0.4, 0.5) is 0 Å². The lowest BCUT2D eigenvalue weighted by atomic mass is 10.1. The molecule has 0 aliphatic heterocycles. The molecule has 0 atom stereocenters. The van der Waals surface area contributed by atoms with Crippen LogP contribution >= 0.6 is 0 Å². The Hall–Kier alpha value is -2.50. The molecular formula is C14H16N2O4. The van der Waals surface area contributed by atoms with E-state index in [0.717, 1.165) is 11.3 Å². The molecule has 1 amide bonds. The first-order chi connectivity index (χ1) is 9.52. The second-order valence-corrected chi connectivity index (χ2v) is 4.37. The Bertz CT molecular complexity index is 615. The molecule has 0 aliphatic carbocycles. The number of rotatable bonds is 4. The summed E-state index contributed by atoms with van der Waals surface area (Å²) in [6, 6.07) is 4.52. The molecule has 0 unspecified atom stereocenters. The SMILES string of the molecule is COc1ccc(C(=O)NCc2c(C)noc2C)c(O)c1. The maximum Gasteiger partial charge on any atom is 0.255 e. The van der Waals surface area contributed by atoms with Crippen LogP contribution in [0, 0.1) is 13.8 Å². The van der Waals surface area contributed by atoms with Gasteiger partial charge in [0.25, 0.3) is 5.91 Å². The zero-order chi connectivity index (χ0) is 14.7. The van der Waals surface area contributed by atoms with E-state index in [0.29, 0.717) is 18.1 Å². The van der Waals surface area contributed by atoms with Crippen LogP contribution in [0.1, 0.15) is 27.4 Å². The molecule has 2 rings (SSSR count). The zero-order valence-electron chi connectivity index (χ0n) is 11.6. The molecule has 0 bridgehead atoms. The predicted octanol–water partition coefficient (Wildman–Crippen LogP) is 1.94.